The molecule has 1 atom stereocenters. The molecule has 0 saturated heterocycles. The second-order valence-corrected chi connectivity index (χ2v) is 7.77. The summed E-state index contributed by atoms with van der Waals surface area (Å²) in [6.07, 6.45) is 4.53. The third-order valence-corrected chi connectivity index (χ3v) is 5.48. The summed E-state index contributed by atoms with van der Waals surface area (Å²) in [6.45, 7) is 8.41. The highest BCUT2D eigenvalue weighted by Crippen LogP contribution is 2.24. The number of rotatable bonds is 9. The van der Waals surface area contributed by atoms with Gasteiger partial charge in [-0.2, -0.15) is 0 Å². The van der Waals surface area contributed by atoms with Crippen molar-refractivity contribution in [3.63, 3.8) is 0 Å². The summed E-state index contributed by atoms with van der Waals surface area (Å²) >= 11 is 0. The molecular weight excluding hydrogens is 378 g/mol. The van der Waals surface area contributed by atoms with Crippen LogP contribution in [0.2, 0.25) is 0 Å². The number of nitrogens with one attached hydrogen (secondary N) is 1. The topological polar surface area (TPSA) is 75.9 Å². The van der Waals surface area contributed by atoms with Gasteiger partial charge >= 0.3 is 0 Å². The van der Waals surface area contributed by atoms with Gasteiger partial charge < -0.3 is 15.2 Å². The highest BCUT2D eigenvalue weighted by molar-refractivity contribution is 5.95. The molecule has 0 aliphatic carbocycles. The molecule has 0 fully saturated rings. The van der Waals surface area contributed by atoms with Crippen molar-refractivity contribution in [1.29, 1.82) is 0 Å². The molecule has 0 aliphatic rings. The minimum atomic E-state index is -0.258. The first-order chi connectivity index (χ1) is 14.5. The van der Waals surface area contributed by atoms with Gasteiger partial charge in [-0.15, -0.1) is 0 Å². The van der Waals surface area contributed by atoms with E-state index in [4.69, 9.17) is 4.74 Å². The Balaban J connectivity index is 1.85. The van der Waals surface area contributed by atoms with Crippen LogP contribution in [0.4, 0.5) is 0 Å². The molecule has 0 spiro atoms. The van der Waals surface area contributed by atoms with Crippen molar-refractivity contribution in [1.82, 2.24) is 14.7 Å². The quantitative estimate of drug-likeness (QED) is 0.557. The predicted molar refractivity (Wildman–Crippen MR) is 118 cm³/mol. The van der Waals surface area contributed by atoms with Crippen LogP contribution in [0.3, 0.4) is 0 Å². The van der Waals surface area contributed by atoms with Crippen LogP contribution in [0.25, 0.3) is 5.65 Å². The van der Waals surface area contributed by atoms with E-state index in [1.54, 1.807) is 4.40 Å². The van der Waals surface area contributed by atoms with Gasteiger partial charge in [0, 0.05) is 6.20 Å². The van der Waals surface area contributed by atoms with Crippen LogP contribution in [0.5, 0.6) is 5.75 Å². The van der Waals surface area contributed by atoms with Crippen LogP contribution in [-0.4, -0.2) is 33.0 Å². The van der Waals surface area contributed by atoms with E-state index >= 15 is 0 Å². The second-order valence-electron chi connectivity index (χ2n) is 7.77. The summed E-state index contributed by atoms with van der Waals surface area (Å²) in [5, 5.41) is 12.5. The van der Waals surface area contributed by atoms with Crippen molar-refractivity contribution < 1.29 is 14.6 Å². The zero-order valence-corrected chi connectivity index (χ0v) is 18.2. The molecule has 0 saturated carbocycles. The first kappa shape index (κ1) is 21.8. The monoisotopic (exact) mass is 409 g/mol. The Morgan fingerprint density at radius 1 is 1.20 bits per heavy atom. The molecule has 3 aromatic rings. The van der Waals surface area contributed by atoms with Crippen molar-refractivity contribution in [2.24, 2.45) is 0 Å². The Kier molecular flexibility index (Phi) is 7.11. The van der Waals surface area contributed by atoms with Crippen LogP contribution in [0.1, 0.15) is 59.1 Å². The van der Waals surface area contributed by atoms with E-state index in [9.17, 15) is 9.90 Å². The molecule has 1 aromatic carbocycles. The van der Waals surface area contributed by atoms with E-state index in [0.717, 1.165) is 24.8 Å². The molecule has 6 heteroatoms. The number of carbonyl (C=O) groups is 1. The van der Waals surface area contributed by atoms with E-state index < -0.39 is 0 Å². The first-order valence-corrected chi connectivity index (χ1v) is 10.5. The van der Waals surface area contributed by atoms with E-state index in [-0.39, 0.29) is 18.6 Å². The predicted octanol–water partition coefficient (Wildman–Crippen LogP) is 4.12. The van der Waals surface area contributed by atoms with Gasteiger partial charge in [0.05, 0.1) is 18.3 Å². The lowest BCUT2D eigenvalue weighted by Crippen LogP contribution is -2.38. The average molecular weight is 410 g/mol. The largest absolute Gasteiger partial charge is 0.485 e. The zero-order valence-electron chi connectivity index (χ0n) is 18.2. The van der Waals surface area contributed by atoms with Crippen molar-refractivity contribution in [2.75, 3.05) is 6.61 Å². The lowest BCUT2D eigenvalue weighted by atomic mass is 10.0. The molecule has 30 heavy (non-hydrogen) atoms. The normalized spacial score (nSPS) is 12.2. The fourth-order valence-corrected chi connectivity index (χ4v) is 3.68. The third-order valence-electron chi connectivity index (χ3n) is 5.48. The molecule has 2 N–H and O–H groups in total. The van der Waals surface area contributed by atoms with Crippen LogP contribution >= 0.6 is 0 Å². The van der Waals surface area contributed by atoms with E-state index in [1.165, 1.54) is 11.1 Å². The van der Waals surface area contributed by atoms with Gasteiger partial charge in [0.25, 0.3) is 5.91 Å². The number of hydrogen-bond acceptors (Lipinski definition) is 4. The Morgan fingerprint density at radius 2 is 1.93 bits per heavy atom. The Labute approximate surface area is 177 Å². The minimum absolute atomic E-state index is 0.0777. The zero-order chi connectivity index (χ0) is 21.7. The number of carbonyl (C=O) groups excluding carboxylic acids is 1. The fourth-order valence-electron chi connectivity index (χ4n) is 3.68. The molecule has 6 nitrogen and oxygen atoms in total. The molecule has 0 radical (unpaired) electrons. The molecule has 2 heterocycles. The van der Waals surface area contributed by atoms with E-state index in [2.05, 4.69) is 43.2 Å². The smallest absolute Gasteiger partial charge is 0.270 e. The van der Waals surface area contributed by atoms with Gasteiger partial charge in [-0.1, -0.05) is 38.0 Å². The molecular formula is C24H31N3O3. The molecule has 0 bridgehead atoms. The number of aliphatic hydroxyl groups excluding tert-OH is 1. The summed E-state index contributed by atoms with van der Waals surface area (Å²) in [7, 11) is 0. The number of aliphatic hydroxyl groups is 1. The number of hydrogen-bond donors (Lipinski definition) is 2. The Morgan fingerprint density at radius 3 is 2.60 bits per heavy atom. The Hall–Kier alpha value is -2.86. The first-order valence-electron chi connectivity index (χ1n) is 10.5. The SMILES string of the molecule is CCCCC(CO)NC(=O)c1c(C)nc2c(OCc3c(C)cccc3C)cccn12. The number of aryl methyl sites for hydroxylation is 3. The van der Waals surface area contributed by atoms with Crippen LogP contribution in [0.15, 0.2) is 36.5 Å². The number of aromatic nitrogens is 2. The Bertz CT molecular complexity index is 1010. The molecule has 0 aliphatic heterocycles. The van der Waals surface area contributed by atoms with Crippen LogP contribution < -0.4 is 10.1 Å². The molecule has 3 rings (SSSR count). The highest BCUT2D eigenvalue weighted by atomic mass is 16.5. The van der Waals surface area contributed by atoms with E-state index in [0.29, 0.717) is 29.4 Å². The molecule has 1 amide bonds. The van der Waals surface area contributed by atoms with Crippen molar-refractivity contribution in [3.8, 4) is 5.75 Å². The summed E-state index contributed by atoms with van der Waals surface area (Å²) < 4.78 is 7.88. The number of ether oxygens (including phenoxy) is 1. The number of imidazole rings is 1. The molecule has 1 unspecified atom stereocenters. The number of benzene rings is 1. The maximum atomic E-state index is 12.9. The van der Waals surface area contributed by atoms with Crippen molar-refractivity contribution in [3.05, 3.63) is 64.6 Å². The number of pyridine rings is 1. The summed E-state index contributed by atoms with van der Waals surface area (Å²) in [6, 6.07) is 9.65. The average Bonchev–Trinajstić information content (AvgIpc) is 3.07. The standard InChI is InChI=1S/C24H31N3O3/c1-5-6-11-19(14-28)26-24(29)22-18(4)25-23-21(12-8-13-27(22)23)30-15-20-16(2)9-7-10-17(20)3/h7-10,12-13,19,28H,5-6,11,14-15H2,1-4H3,(H,26,29). The summed E-state index contributed by atoms with van der Waals surface area (Å²) in [4.78, 5) is 17.5. The van der Waals surface area contributed by atoms with Gasteiger partial charge in [0.1, 0.15) is 12.3 Å². The third kappa shape index (κ3) is 4.65. The summed E-state index contributed by atoms with van der Waals surface area (Å²) in [5.41, 5.74) is 5.23. The lowest BCUT2D eigenvalue weighted by Gasteiger charge is -2.16. The maximum absolute atomic E-state index is 12.9. The van der Waals surface area contributed by atoms with Crippen LogP contribution in [-0.2, 0) is 6.61 Å². The van der Waals surface area contributed by atoms with Gasteiger partial charge in [-0.05, 0) is 56.0 Å². The van der Waals surface area contributed by atoms with Crippen molar-refractivity contribution in [2.45, 2.75) is 59.6 Å². The fraction of sp³-hybridized carbons (Fsp3) is 0.417. The number of amides is 1. The lowest BCUT2D eigenvalue weighted by molar-refractivity contribution is 0.0905. The molecule has 2 aromatic heterocycles. The number of nitrogens with zero attached hydrogens (tertiary/aromatic N) is 2. The maximum Gasteiger partial charge on any atom is 0.270 e. The van der Waals surface area contributed by atoms with Gasteiger partial charge in [-0.3, -0.25) is 9.20 Å². The van der Waals surface area contributed by atoms with Gasteiger partial charge in [-0.25, -0.2) is 4.98 Å². The van der Waals surface area contributed by atoms with Gasteiger partial charge in [0.15, 0.2) is 11.4 Å². The minimum Gasteiger partial charge on any atom is -0.485 e. The second kappa shape index (κ2) is 9.76. The number of unbranched alkanes of at least 4 members (excludes halogenated alkanes) is 1. The number of fused-ring (bicyclic) bond motifs is 1. The van der Waals surface area contributed by atoms with Crippen molar-refractivity contribution >= 4 is 11.6 Å². The molecule has 160 valence electrons. The summed E-state index contributed by atoms with van der Waals surface area (Å²) in [5.74, 6) is 0.397. The van der Waals surface area contributed by atoms with E-state index in [1.807, 2.05) is 31.3 Å². The van der Waals surface area contributed by atoms with Crippen LogP contribution in [0, 0.1) is 20.8 Å². The van der Waals surface area contributed by atoms with Gasteiger partial charge in [0.2, 0.25) is 0 Å². The highest BCUT2D eigenvalue weighted by Gasteiger charge is 2.21.